The topological polar surface area (TPSA) is 115 Å². The summed E-state index contributed by atoms with van der Waals surface area (Å²) >= 11 is 0. The van der Waals surface area contributed by atoms with E-state index >= 15 is 0 Å². The fourth-order valence-electron chi connectivity index (χ4n) is 1.77. The molecule has 0 atom stereocenters. The zero-order valence-electron chi connectivity index (χ0n) is 14.7. The Morgan fingerprint density at radius 3 is 1.50 bits per heavy atom. The Balaban J connectivity index is -0.000000337. The molecule has 1 N–H and O–H groups in total. The SMILES string of the molecule is CCCCCN1CCCCC1.O=S(=O)(O)C(F)(F)F.O=S(=O)([O-])C(F)(F)F.[Ir]. The van der Waals surface area contributed by atoms with Crippen LogP contribution in [0.1, 0.15) is 45.4 Å². The van der Waals surface area contributed by atoms with Gasteiger partial charge in [0.2, 0.25) is 0 Å². The first kappa shape index (κ1) is 32.7. The Morgan fingerprint density at radius 2 is 1.25 bits per heavy atom. The Hall–Kier alpha value is 0.00935. The number of nitrogens with zero attached hydrogens (tertiary/aromatic N) is 1. The molecule has 16 heteroatoms. The average molecular weight is 647 g/mol. The maximum absolute atomic E-state index is 10.7. The maximum atomic E-state index is 10.7. The van der Waals surface area contributed by atoms with Crippen LogP contribution in [0.3, 0.4) is 0 Å². The van der Waals surface area contributed by atoms with Crippen molar-refractivity contribution in [2.75, 3.05) is 19.6 Å². The zero-order valence-corrected chi connectivity index (χ0v) is 18.7. The van der Waals surface area contributed by atoms with Crippen molar-refractivity contribution in [2.45, 2.75) is 56.5 Å². The summed E-state index contributed by atoms with van der Waals surface area (Å²) < 4.78 is 116. The summed E-state index contributed by atoms with van der Waals surface area (Å²) in [7, 11) is -11.9. The van der Waals surface area contributed by atoms with Crippen LogP contribution in [0.4, 0.5) is 26.3 Å². The van der Waals surface area contributed by atoms with Gasteiger partial charge in [-0.1, -0.05) is 26.2 Å². The number of alkyl halides is 6. The van der Waals surface area contributed by atoms with Crippen LogP contribution >= 0.6 is 0 Å². The van der Waals surface area contributed by atoms with Crippen LogP contribution in [0.5, 0.6) is 0 Å². The van der Waals surface area contributed by atoms with E-state index in [2.05, 4.69) is 11.8 Å². The Morgan fingerprint density at radius 1 is 0.893 bits per heavy atom. The molecule has 1 fully saturated rings. The first-order valence-corrected chi connectivity index (χ1v) is 10.6. The molecule has 0 amide bonds. The molecule has 1 radical (unpaired) electrons. The summed E-state index contributed by atoms with van der Waals surface area (Å²) in [6.07, 6.45) is 8.52. The first-order chi connectivity index (χ1) is 11.9. The van der Waals surface area contributed by atoms with Crippen molar-refractivity contribution < 1.29 is 72.4 Å². The van der Waals surface area contributed by atoms with Gasteiger partial charge in [0.15, 0.2) is 10.1 Å². The quantitative estimate of drug-likeness (QED) is 0.216. The largest absolute Gasteiger partial charge is 0.741 e. The van der Waals surface area contributed by atoms with Crippen LogP contribution in [0.25, 0.3) is 0 Å². The predicted octanol–water partition coefficient (Wildman–Crippen LogP) is 3.11. The minimum absolute atomic E-state index is 0. The van der Waals surface area contributed by atoms with Gasteiger partial charge in [-0.25, -0.2) is 8.42 Å². The molecule has 28 heavy (non-hydrogen) atoms. The van der Waals surface area contributed by atoms with E-state index in [1.807, 2.05) is 0 Å². The summed E-state index contributed by atoms with van der Waals surface area (Å²) in [4.78, 5) is 2.62. The van der Waals surface area contributed by atoms with Gasteiger partial charge >= 0.3 is 21.1 Å². The van der Waals surface area contributed by atoms with E-state index in [4.69, 9.17) is 25.9 Å². The van der Waals surface area contributed by atoms with Gasteiger partial charge in [-0.15, -0.1) is 0 Å². The number of halogens is 6. The molecular formula is C12H22F6IrNO6S2-. The van der Waals surface area contributed by atoms with E-state index < -0.39 is 31.3 Å². The monoisotopic (exact) mass is 647 g/mol. The fraction of sp³-hybridized carbons (Fsp3) is 1.00. The molecule has 0 aromatic heterocycles. The molecule has 1 rings (SSSR count). The second-order valence-electron chi connectivity index (χ2n) is 5.43. The van der Waals surface area contributed by atoms with Crippen molar-refractivity contribution in [3.63, 3.8) is 0 Å². The zero-order chi connectivity index (χ0) is 21.9. The van der Waals surface area contributed by atoms with E-state index in [0.717, 1.165) is 0 Å². The summed E-state index contributed by atoms with van der Waals surface area (Å²) in [5.74, 6) is 0. The third-order valence-electron chi connectivity index (χ3n) is 3.10. The van der Waals surface area contributed by atoms with Gasteiger partial charge in [0.1, 0.15) is 0 Å². The van der Waals surface area contributed by atoms with Gasteiger partial charge in [0, 0.05) is 20.1 Å². The van der Waals surface area contributed by atoms with Crippen molar-refractivity contribution in [1.29, 1.82) is 0 Å². The van der Waals surface area contributed by atoms with Crippen LogP contribution in [0.15, 0.2) is 0 Å². The number of rotatable bonds is 4. The number of piperidine rings is 1. The Labute approximate surface area is 173 Å². The molecule has 0 aromatic rings. The summed E-state index contributed by atoms with van der Waals surface area (Å²) in [6, 6.07) is 0. The molecule has 1 heterocycles. The number of hydrogen-bond acceptors (Lipinski definition) is 6. The molecule has 0 spiro atoms. The molecule has 0 unspecified atom stereocenters. The summed E-state index contributed by atoms with van der Waals surface area (Å²) in [6.45, 7) is 6.36. The third-order valence-corrected chi connectivity index (χ3v) is 4.25. The van der Waals surface area contributed by atoms with Crippen LogP contribution < -0.4 is 0 Å². The predicted molar refractivity (Wildman–Crippen MR) is 83.2 cm³/mol. The normalized spacial score (nSPS) is 16.0. The molecule has 0 aliphatic carbocycles. The molecule has 1 aliphatic heterocycles. The molecule has 0 bridgehead atoms. The van der Waals surface area contributed by atoms with Gasteiger partial charge in [0.25, 0.3) is 0 Å². The molecule has 1 saturated heterocycles. The van der Waals surface area contributed by atoms with Gasteiger partial charge in [-0.2, -0.15) is 34.8 Å². The second kappa shape index (κ2) is 14.1. The minimum Gasteiger partial charge on any atom is -0.741 e. The van der Waals surface area contributed by atoms with E-state index in [9.17, 15) is 26.3 Å². The molecular weight excluding hydrogens is 624 g/mol. The number of hydrogen-bond donors (Lipinski definition) is 1. The number of unbranched alkanes of at least 4 members (excludes halogenated alkanes) is 2. The Bertz CT molecular complexity index is 561. The van der Waals surface area contributed by atoms with Crippen LogP contribution in [0, 0.1) is 0 Å². The average Bonchev–Trinajstić information content (AvgIpc) is 2.46. The molecule has 0 saturated carbocycles. The van der Waals surface area contributed by atoms with Gasteiger partial charge in [-0.3, -0.25) is 4.55 Å². The van der Waals surface area contributed by atoms with Crippen LogP contribution in [-0.4, -0.2) is 61.5 Å². The van der Waals surface area contributed by atoms with Gasteiger partial charge in [-0.05, 0) is 38.9 Å². The molecule has 7 nitrogen and oxygen atoms in total. The smallest absolute Gasteiger partial charge is 0.522 e. The van der Waals surface area contributed by atoms with Crippen LogP contribution in [-0.2, 0) is 40.3 Å². The number of likely N-dealkylation sites (tertiary alicyclic amines) is 1. The van der Waals surface area contributed by atoms with Crippen molar-refractivity contribution in [1.82, 2.24) is 4.90 Å². The van der Waals surface area contributed by atoms with Crippen molar-refractivity contribution >= 4 is 20.2 Å². The Kier molecular flexibility index (Phi) is 16.4. The first-order valence-electron chi connectivity index (χ1n) is 7.71. The summed E-state index contributed by atoms with van der Waals surface area (Å²) in [5, 5.41) is 0. The minimum atomic E-state index is -6.09. The molecule has 1 aliphatic rings. The molecule has 0 aromatic carbocycles. The van der Waals surface area contributed by atoms with Gasteiger partial charge in [0.05, 0.1) is 0 Å². The van der Waals surface area contributed by atoms with E-state index in [1.54, 1.807) is 0 Å². The van der Waals surface area contributed by atoms with Crippen molar-refractivity contribution in [3.05, 3.63) is 0 Å². The van der Waals surface area contributed by atoms with E-state index in [1.165, 1.54) is 58.2 Å². The van der Waals surface area contributed by atoms with Crippen molar-refractivity contribution in [3.8, 4) is 0 Å². The van der Waals surface area contributed by atoms with Crippen molar-refractivity contribution in [2.24, 2.45) is 0 Å². The third kappa shape index (κ3) is 16.9. The summed E-state index contributed by atoms with van der Waals surface area (Å²) in [5.41, 5.74) is -11.2. The standard InChI is InChI=1S/C10H21N.2CHF3O3S.Ir/c1-2-3-5-8-11-9-6-4-7-10-11;2*2-1(3,4)8(5,6)7;/h2-10H2,1H3;2*(H,5,6,7);/p-1. The fourth-order valence-corrected chi connectivity index (χ4v) is 1.77. The van der Waals surface area contributed by atoms with Gasteiger partial charge < -0.3 is 9.45 Å². The van der Waals surface area contributed by atoms with E-state index in [-0.39, 0.29) is 20.1 Å². The second-order valence-corrected chi connectivity index (χ2v) is 8.21. The van der Waals surface area contributed by atoms with Crippen LogP contribution in [0.2, 0.25) is 0 Å². The maximum Gasteiger partial charge on any atom is 0.522 e. The van der Waals surface area contributed by atoms with E-state index in [0.29, 0.717) is 0 Å². The molecule has 175 valence electrons.